The Hall–Kier alpha value is -2.89. The van der Waals surface area contributed by atoms with Gasteiger partial charge in [-0.1, -0.05) is 13.0 Å². The summed E-state index contributed by atoms with van der Waals surface area (Å²) in [5, 5.41) is 38.6. The fourth-order valence-corrected chi connectivity index (χ4v) is 2.32. The predicted molar refractivity (Wildman–Crippen MR) is 88.0 cm³/mol. The number of carbonyl (C=O) groups excluding carboxylic acids is 1. The third kappa shape index (κ3) is 4.10. The third-order valence-electron chi connectivity index (χ3n) is 3.49. The molecule has 0 aliphatic rings. The molecule has 0 amide bonds. The molecule has 2 rings (SSSR count). The Kier molecular flexibility index (Phi) is 5.52. The molecule has 0 unspecified atom stereocenters. The van der Waals surface area contributed by atoms with Crippen LogP contribution in [0, 0.1) is 0 Å². The van der Waals surface area contributed by atoms with Crippen molar-refractivity contribution >= 4 is 5.78 Å². The number of ether oxygens (including phenoxy) is 1. The quantitative estimate of drug-likeness (QED) is 0.580. The molecule has 0 radical (unpaired) electrons. The van der Waals surface area contributed by atoms with Gasteiger partial charge in [0.15, 0.2) is 17.3 Å². The zero-order valence-electron chi connectivity index (χ0n) is 13.3. The van der Waals surface area contributed by atoms with Crippen molar-refractivity contribution in [3.63, 3.8) is 0 Å². The van der Waals surface area contributed by atoms with E-state index in [4.69, 9.17) is 4.74 Å². The SMILES string of the molecule is CCCOc1ccc(CCC(=O)c2c(O)cc(O)cc2O)cc1O. The highest BCUT2D eigenvalue weighted by molar-refractivity contribution is 6.01. The van der Waals surface area contributed by atoms with Crippen molar-refractivity contribution in [3.05, 3.63) is 41.5 Å². The van der Waals surface area contributed by atoms with Crippen LogP contribution in [0.4, 0.5) is 0 Å². The maximum Gasteiger partial charge on any atom is 0.170 e. The smallest absolute Gasteiger partial charge is 0.170 e. The highest BCUT2D eigenvalue weighted by Gasteiger charge is 2.17. The van der Waals surface area contributed by atoms with Gasteiger partial charge in [-0.25, -0.2) is 0 Å². The second-order valence-electron chi connectivity index (χ2n) is 5.43. The number of Topliss-reactive ketones (excluding diaryl/α,β-unsaturated/α-hetero) is 1. The lowest BCUT2D eigenvalue weighted by Gasteiger charge is -2.09. The second-order valence-corrected chi connectivity index (χ2v) is 5.43. The van der Waals surface area contributed by atoms with Crippen LogP contribution in [0.25, 0.3) is 0 Å². The molecule has 0 spiro atoms. The summed E-state index contributed by atoms with van der Waals surface area (Å²) < 4.78 is 5.37. The molecule has 0 bridgehead atoms. The molecule has 0 fully saturated rings. The summed E-state index contributed by atoms with van der Waals surface area (Å²) in [4.78, 5) is 12.2. The van der Waals surface area contributed by atoms with E-state index in [1.165, 1.54) is 6.07 Å². The molecule has 0 aromatic heterocycles. The van der Waals surface area contributed by atoms with Crippen molar-refractivity contribution in [1.29, 1.82) is 0 Å². The van der Waals surface area contributed by atoms with Crippen LogP contribution >= 0.6 is 0 Å². The third-order valence-corrected chi connectivity index (χ3v) is 3.49. The lowest BCUT2D eigenvalue weighted by molar-refractivity contribution is 0.0977. The zero-order chi connectivity index (χ0) is 17.7. The van der Waals surface area contributed by atoms with Crippen LogP contribution in [-0.4, -0.2) is 32.8 Å². The van der Waals surface area contributed by atoms with E-state index in [9.17, 15) is 25.2 Å². The first kappa shape index (κ1) is 17.5. The number of aryl methyl sites for hydroxylation is 1. The molecule has 6 heteroatoms. The Bertz CT molecular complexity index is 715. The Labute approximate surface area is 139 Å². The fraction of sp³-hybridized carbons (Fsp3) is 0.278. The van der Waals surface area contributed by atoms with E-state index < -0.39 is 17.3 Å². The lowest BCUT2D eigenvalue weighted by atomic mass is 10.0. The van der Waals surface area contributed by atoms with Gasteiger partial charge in [0.25, 0.3) is 0 Å². The van der Waals surface area contributed by atoms with Crippen molar-refractivity contribution in [1.82, 2.24) is 0 Å². The first-order chi connectivity index (χ1) is 11.4. The Morgan fingerprint density at radius 2 is 1.67 bits per heavy atom. The average molecular weight is 332 g/mol. The Morgan fingerprint density at radius 1 is 1.00 bits per heavy atom. The molecule has 2 aromatic carbocycles. The predicted octanol–water partition coefficient (Wildman–Crippen LogP) is 3.11. The van der Waals surface area contributed by atoms with Gasteiger partial charge in [0.2, 0.25) is 0 Å². The molecular formula is C18H20O6. The van der Waals surface area contributed by atoms with Crippen LogP contribution in [0.3, 0.4) is 0 Å². The first-order valence-electron chi connectivity index (χ1n) is 7.65. The van der Waals surface area contributed by atoms with Gasteiger partial charge in [0.1, 0.15) is 22.8 Å². The van der Waals surface area contributed by atoms with E-state index in [1.54, 1.807) is 12.1 Å². The number of benzene rings is 2. The number of carbonyl (C=O) groups is 1. The number of phenolic OH excluding ortho intramolecular Hbond substituents is 4. The summed E-state index contributed by atoms with van der Waals surface area (Å²) >= 11 is 0. The van der Waals surface area contributed by atoms with Gasteiger partial charge < -0.3 is 25.2 Å². The number of hydrogen-bond acceptors (Lipinski definition) is 6. The molecule has 24 heavy (non-hydrogen) atoms. The number of ketones is 1. The van der Waals surface area contributed by atoms with E-state index in [0.717, 1.165) is 24.1 Å². The van der Waals surface area contributed by atoms with Gasteiger partial charge in [0.05, 0.1) is 6.61 Å². The van der Waals surface area contributed by atoms with E-state index in [1.807, 2.05) is 6.92 Å². The number of hydrogen-bond donors (Lipinski definition) is 4. The number of rotatable bonds is 7. The molecular weight excluding hydrogens is 312 g/mol. The standard InChI is InChI=1S/C18H20O6/c1-2-7-24-17-6-4-11(8-14(17)21)3-5-13(20)18-15(22)9-12(19)10-16(18)23/h4,6,8-10,19,21-23H,2-3,5,7H2,1H3. The van der Waals surface area contributed by atoms with Crippen LogP contribution in [-0.2, 0) is 6.42 Å². The highest BCUT2D eigenvalue weighted by atomic mass is 16.5. The van der Waals surface area contributed by atoms with E-state index in [-0.39, 0.29) is 23.5 Å². The molecule has 6 nitrogen and oxygen atoms in total. The minimum absolute atomic E-state index is 0.00345. The molecule has 0 aliphatic carbocycles. The molecule has 0 aliphatic heterocycles. The van der Waals surface area contributed by atoms with Crippen LogP contribution in [0.2, 0.25) is 0 Å². The fourth-order valence-electron chi connectivity index (χ4n) is 2.32. The molecule has 0 heterocycles. The van der Waals surface area contributed by atoms with Crippen LogP contribution < -0.4 is 4.74 Å². The Morgan fingerprint density at radius 3 is 2.25 bits per heavy atom. The first-order valence-corrected chi connectivity index (χ1v) is 7.65. The minimum Gasteiger partial charge on any atom is -0.508 e. The largest absolute Gasteiger partial charge is 0.508 e. The van der Waals surface area contributed by atoms with Gasteiger partial charge in [-0.05, 0) is 30.5 Å². The molecule has 0 atom stereocenters. The van der Waals surface area contributed by atoms with Crippen LogP contribution in [0.5, 0.6) is 28.7 Å². The minimum atomic E-state index is -0.469. The van der Waals surface area contributed by atoms with Crippen molar-refractivity contribution < 1.29 is 30.0 Å². The van der Waals surface area contributed by atoms with Gasteiger partial charge in [-0.15, -0.1) is 0 Å². The summed E-state index contributed by atoms with van der Waals surface area (Å²) in [6.07, 6.45) is 1.18. The van der Waals surface area contributed by atoms with Gasteiger partial charge in [-0.3, -0.25) is 4.79 Å². The number of aromatic hydroxyl groups is 4. The van der Waals surface area contributed by atoms with Gasteiger partial charge >= 0.3 is 0 Å². The van der Waals surface area contributed by atoms with Crippen molar-refractivity contribution in [2.24, 2.45) is 0 Å². The lowest BCUT2D eigenvalue weighted by Crippen LogP contribution is -2.02. The van der Waals surface area contributed by atoms with E-state index in [2.05, 4.69) is 0 Å². The van der Waals surface area contributed by atoms with Crippen molar-refractivity contribution in [2.45, 2.75) is 26.2 Å². The number of phenols is 4. The Balaban J connectivity index is 2.06. The monoisotopic (exact) mass is 332 g/mol. The van der Waals surface area contributed by atoms with Gasteiger partial charge in [-0.2, -0.15) is 0 Å². The van der Waals surface area contributed by atoms with E-state index >= 15 is 0 Å². The zero-order valence-corrected chi connectivity index (χ0v) is 13.3. The topological polar surface area (TPSA) is 107 Å². The molecule has 2 aromatic rings. The summed E-state index contributed by atoms with van der Waals surface area (Å²) in [5.41, 5.74) is 0.502. The maximum atomic E-state index is 12.2. The van der Waals surface area contributed by atoms with Crippen LogP contribution in [0.1, 0.15) is 35.7 Å². The summed E-state index contributed by atoms with van der Waals surface area (Å²) in [6, 6.07) is 6.90. The molecule has 0 saturated carbocycles. The molecule has 128 valence electrons. The maximum absolute atomic E-state index is 12.2. The van der Waals surface area contributed by atoms with Crippen molar-refractivity contribution in [3.8, 4) is 28.7 Å². The highest BCUT2D eigenvalue weighted by Crippen LogP contribution is 2.33. The normalized spacial score (nSPS) is 10.5. The summed E-state index contributed by atoms with van der Waals surface area (Å²) in [6.45, 7) is 2.47. The molecule has 4 N–H and O–H groups in total. The van der Waals surface area contributed by atoms with Crippen LogP contribution in [0.15, 0.2) is 30.3 Å². The van der Waals surface area contributed by atoms with Gasteiger partial charge in [0, 0.05) is 18.6 Å². The van der Waals surface area contributed by atoms with Crippen molar-refractivity contribution in [2.75, 3.05) is 6.61 Å². The summed E-state index contributed by atoms with van der Waals surface area (Å²) in [5.74, 6) is -1.33. The second kappa shape index (κ2) is 7.59. The molecule has 0 saturated heterocycles. The summed E-state index contributed by atoms with van der Waals surface area (Å²) in [7, 11) is 0. The van der Waals surface area contributed by atoms with E-state index in [0.29, 0.717) is 18.8 Å². The average Bonchev–Trinajstić information content (AvgIpc) is 2.51.